The number of benzene rings is 1. The van der Waals surface area contributed by atoms with E-state index in [1.165, 1.54) is 0 Å². The fourth-order valence-corrected chi connectivity index (χ4v) is 1.56. The van der Waals surface area contributed by atoms with E-state index < -0.39 is 0 Å². The van der Waals surface area contributed by atoms with Gasteiger partial charge in [-0.1, -0.05) is 0 Å². The van der Waals surface area contributed by atoms with E-state index in [-0.39, 0.29) is 0 Å². The summed E-state index contributed by atoms with van der Waals surface area (Å²) < 4.78 is 5.24. The Morgan fingerprint density at radius 2 is 2.12 bits per heavy atom. The lowest BCUT2D eigenvalue weighted by Crippen LogP contribution is -1.90. The number of furan rings is 1. The molecule has 0 saturated heterocycles. The Morgan fingerprint density at radius 3 is 2.94 bits per heavy atom. The molecular weight excluding hydrogens is 202 g/mol. The molecule has 0 bridgehead atoms. The summed E-state index contributed by atoms with van der Waals surface area (Å²) in [5, 5.41) is 0.963. The molecule has 0 atom stereocenters. The Balaban J connectivity index is 2.22. The number of anilines is 1. The average molecular weight is 211 g/mol. The van der Waals surface area contributed by atoms with Gasteiger partial charge in [0, 0.05) is 17.3 Å². The molecule has 0 aliphatic rings. The number of nitrogens with two attached hydrogens (primary N) is 1. The topological polar surface area (TPSA) is 64.9 Å². The highest BCUT2D eigenvalue weighted by atomic mass is 16.3. The molecule has 4 nitrogen and oxygen atoms in total. The van der Waals surface area contributed by atoms with Crippen molar-refractivity contribution in [3.63, 3.8) is 0 Å². The minimum absolute atomic E-state index is 0.572. The van der Waals surface area contributed by atoms with Gasteiger partial charge < -0.3 is 10.2 Å². The molecule has 0 radical (unpaired) electrons. The van der Waals surface area contributed by atoms with Gasteiger partial charge in [0.1, 0.15) is 0 Å². The van der Waals surface area contributed by atoms with Crippen LogP contribution in [-0.2, 0) is 0 Å². The summed E-state index contributed by atoms with van der Waals surface area (Å²) in [6.07, 6.45) is 3.36. The highest BCUT2D eigenvalue weighted by molar-refractivity contribution is 5.82. The minimum Gasteiger partial charge on any atom is -0.461 e. The summed E-state index contributed by atoms with van der Waals surface area (Å²) in [6, 6.07) is 9.19. The van der Waals surface area contributed by atoms with Crippen molar-refractivity contribution in [2.24, 2.45) is 0 Å². The highest BCUT2D eigenvalue weighted by Crippen LogP contribution is 2.20. The first-order valence-corrected chi connectivity index (χ1v) is 4.89. The van der Waals surface area contributed by atoms with Gasteiger partial charge >= 0.3 is 0 Å². The van der Waals surface area contributed by atoms with E-state index >= 15 is 0 Å². The van der Waals surface area contributed by atoms with Crippen LogP contribution in [-0.4, -0.2) is 9.97 Å². The van der Waals surface area contributed by atoms with Gasteiger partial charge in [-0.3, -0.25) is 0 Å². The van der Waals surface area contributed by atoms with Crippen LogP contribution in [0.25, 0.3) is 22.5 Å². The molecular formula is C12H9N3O. The summed E-state index contributed by atoms with van der Waals surface area (Å²) in [6.45, 7) is 0. The lowest BCUT2D eigenvalue weighted by Gasteiger charge is -2.00. The fourth-order valence-electron chi connectivity index (χ4n) is 1.56. The van der Waals surface area contributed by atoms with Crippen molar-refractivity contribution >= 4 is 16.6 Å². The average Bonchev–Trinajstić information content (AvgIpc) is 2.81. The zero-order valence-corrected chi connectivity index (χ0v) is 8.42. The Kier molecular flexibility index (Phi) is 1.86. The van der Waals surface area contributed by atoms with Crippen molar-refractivity contribution in [2.75, 3.05) is 5.73 Å². The highest BCUT2D eigenvalue weighted by Gasteiger charge is 2.05. The Morgan fingerprint density at radius 1 is 1.19 bits per heavy atom. The molecule has 0 unspecified atom stereocenters. The van der Waals surface area contributed by atoms with Gasteiger partial charge in [0.15, 0.2) is 11.6 Å². The number of hydrogen-bond donors (Lipinski definition) is 1. The minimum atomic E-state index is 0.572. The number of rotatable bonds is 1. The molecule has 3 aromatic rings. The first-order valence-electron chi connectivity index (χ1n) is 4.89. The van der Waals surface area contributed by atoms with Gasteiger partial charge in [-0.05, 0) is 30.3 Å². The number of nitrogen functional groups attached to an aromatic ring is 1. The third-order valence-electron chi connectivity index (χ3n) is 2.35. The molecule has 0 aliphatic heterocycles. The van der Waals surface area contributed by atoms with E-state index in [0.29, 0.717) is 17.3 Å². The molecule has 2 aromatic heterocycles. The van der Waals surface area contributed by atoms with Crippen molar-refractivity contribution in [3.8, 4) is 11.6 Å². The van der Waals surface area contributed by atoms with Crippen LogP contribution >= 0.6 is 0 Å². The molecule has 0 aliphatic carbocycles. The van der Waals surface area contributed by atoms with Crippen molar-refractivity contribution in [3.05, 3.63) is 42.8 Å². The monoisotopic (exact) mass is 211 g/mol. The molecule has 16 heavy (non-hydrogen) atoms. The molecule has 0 spiro atoms. The van der Waals surface area contributed by atoms with Crippen LogP contribution in [0.3, 0.4) is 0 Å². The second-order valence-electron chi connectivity index (χ2n) is 3.49. The summed E-state index contributed by atoms with van der Waals surface area (Å²) in [4.78, 5) is 8.63. The number of aromatic nitrogens is 2. The molecule has 4 heteroatoms. The molecule has 2 heterocycles. The van der Waals surface area contributed by atoms with Crippen molar-refractivity contribution < 1.29 is 4.42 Å². The van der Waals surface area contributed by atoms with Crippen molar-refractivity contribution in [1.82, 2.24) is 9.97 Å². The molecule has 3 rings (SSSR count). The maximum absolute atomic E-state index is 5.71. The van der Waals surface area contributed by atoms with Crippen molar-refractivity contribution in [2.45, 2.75) is 0 Å². The van der Waals surface area contributed by atoms with Crippen LogP contribution in [0.5, 0.6) is 0 Å². The van der Waals surface area contributed by atoms with Crippen LogP contribution in [0, 0.1) is 0 Å². The first kappa shape index (κ1) is 8.91. The van der Waals surface area contributed by atoms with E-state index in [0.717, 1.165) is 10.9 Å². The quantitative estimate of drug-likeness (QED) is 0.628. The SMILES string of the molecule is Nc1ccc2cnc(-c3ccco3)nc2c1. The van der Waals surface area contributed by atoms with Gasteiger partial charge in [-0.15, -0.1) is 0 Å². The van der Waals surface area contributed by atoms with Gasteiger partial charge in [-0.2, -0.15) is 0 Å². The Bertz CT molecular complexity index is 632. The van der Waals surface area contributed by atoms with Crippen LogP contribution in [0.4, 0.5) is 5.69 Å². The van der Waals surface area contributed by atoms with Gasteiger partial charge in [0.2, 0.25) is 0 Å². The second kappa shape index (κ2) is 3.34. The number of nitrogens with zero attached hydrogens (tertiary/aromatic N) is 2. The molecule has 0 fully saturated rings. The molecule has 0 saturated carbocycles. The molecule has 2 N–H and O–H groups in total. The lowest BCUT2D eigenvalue weighted by atomic mass is 10.2. The van der Waals surface area contributed by atoms with Crippen molar-refractivity contribution in [1.29, 1.82) is 0 Å². The van der Waals surface area contributed by atoms with Crippen LogP contribution in [0.15, 0.2) is 47.2 Å². The normalized spacial score (nSPS) is 10.8. The lowest BCUT2D eigenvalue weighted by molar-refractivity contribution is 0.577. The Hall–Kier alpha value is -2.36. The molecule has 1 aromatic carbocycles. The van der Waals surface area contributed by atoms with Crippen LogP contribution < -0.4 is 5.73 Å². The zero-order chi connectivity index (χ0) is 11.0. The van der Waals surface area contributed by atoms with E-state index in [2.05, 4.69) is 9.97 Å². The maximum Gasteiger partial charge on any atom is 0.196 e. The summed E-state index contributed by atoms with van der Waals surface area (Å²) in [5.41, 5.74) is 7.22. The predicted octanol–water partition coefficient (Wildman–Crippen LogP) is 2.47. The summed E-state index contributed by atoms with van der Waals surface area (Å²) >= 11 is 0. The van der Waals surface area contributed by atoms with Crippen LogP contribution in [0.2, 0.25) is 0 Å². The molecule has 0 amide bonds. The van der Waals surface area contributed by atoms with E-state index in [9.17, 15) is 0 Å². The predicted molar refractivity (Wildman–Crippen MR) is 61.7 cm³/mol. The van der Waals surface area contributed by atoms with Crippen LogP contribution in [0.1, 0.15) is 0 Å². The van der Waals surface area contributed by atoms with Gasteiger partial charge in [0.05, 0.1) is 11.8 Å². The largest absolute Gasteiger partial charge is 0.461 e. The van der Waals surface area contributed by atoms with E-state index in [4.69, 9.17) is 10.2 Å². The third-order valence-corrected chi connectivity index (χ3v) is 2.35. The maximum atomic E-state index is 5.71. The fraction of sp³-hybridized carbons (Fsp3) is 0. The third kappa shape index (κ3) is 1.40. The van der Waals surface area contributed by atoms with Gasteiger partial charge in [-0.25, -0.2) is 9.97 Å². The standard InChI is InChI=1S/C12H9N3O/c13-9-4-3-8-7-14-12(15-10(8)6-9)11-2-1-5-16-11/h1-7H,13H2. The van der Waals surface area contributed by atoms with E-state index in [1.54, 1.807) is 12.5 Å². The summed E-state index contributed by atoms with van der Waals surface area (Å²) in [5.74, 6) is 1.23. The summed E-state index contributed by atoms with van der Waals surface area (Å²) in [7, 11) is 0. The number of fused-ring (bicyclic) bond motifs is 1. The zero-order valence-electron chi connectivity index (χ0n) is 8.42. The number of hydrogen-bond acceptors (Lipinski definition) is 4. The van der Waals surface area contributed by atoms with Gasteiger partial charge in [0.25, 0.3) is 0 Å². The Labute approximate surface area is 91.7 Å². The van der Waals surface area contributed by atoms with E-state index in [1.807, 2.05) is 30.3 Å². The smallest absolute Gasteiger partial charge is 0.196 e. The second-order valence-corrected chi connectivity index (χ2v) is 3.49. The first-order chi connectivity index (χ1) is 7.83. The molecule has 78 valence electrons.